The molecule has 3 nitrogen and oxygen atoms in total. The van der Waals surface area contributed by atoms with Gasteiger partial charge in [0.2, 0.25) is 0 Å². The third kappa shape index (κ3) is 6.06. The van der Waals surface area contributed by atoms with E-state index < -0.39 is 0 Å². The number of Topliss-reactive ketones (excluding diaryl/α,β-unsaturated/α-hetero) is 1. The van der Waals surface area contributed by atoms with E-state index in [1.807, 2.05) is 0 Å². The van der Waals surface area contributed by atoms with Gasteiger partial charge in [0.05, 0.1) is 0 Å². The van der Waals surface area contributed by atoms with Gasteiger partial charge in [0.1, 0.15) is 5.78 Å². The van der Waals surface area contributed by atoms with Crippen molar-refractivity contribution in [2.24, 2.45) is 23.7 Å². The van der Waals surface area contributed by atoms with Crippen molar-refractivity contribution in [1.29, 1.82) is 0 Å². The monoisotopic (exact) mass is 466 g/mol. The minimum atomic E-state index is 0.321. The highest BCUT2D eigenvalue weighted by Crippen LogP contribution is 2.45. The quantitative estimate of drug-likeness (QED) is 0.367. The van der Waals surface area contributed by atoms with Crippen LogP contribution in [0.5, 0.6) is 0 Å². The Bertz CT molecular complexity index is 727. The van der Waals surface area contributed by atoms with Crippen LogP contribution in [0.2, 0.25) is 0 Å². The van der Waals surface area contributed by atoms with E-state index in [2.05, 4.69) is 28.0 Å². The number of allylic oxidation sites excluding steroid dienone is 2. The lowest BCUT2D eigenvalue weighted by Gasteiger charge is -2.53. The summed E-state index contributed by atoms with van der Waals surface area (Å²) in [7, 11) is 0. The Kier molecular flexibility index (Phi) is 8.99. The Morgan fingerprint density at radius 2 is 1.50 bits per heavy atom. The first-order valence-corrected chi connectivity index (χ1v) is 15.1. The molecule has 0 saturated carbocycles. The van der Waals surface area contributed by atoms with Gasteiger partial charge in [-0.1, -0.05) is 62.3 Å². The summed E-state index contributed by atoms with van der Waals surface area (Å²) < 4.78 is 0. The summed E-state index contributed by atoms with van der Waals surface area (Å²) in [6.45, 7) is 6.01. The molecule has 3 heteroatoms. The molecule has 2 unspecified atom stereocenters. The molecule has 0 aromatic heterocycles. The summed E-state index contributed by atoms with van der Waals surface area (Å²) in [5.74, 6) is 3.14. The van der Waals surface area contributed by atoms with Gasteiger partial charge in [0, 0.05) is 38.0 Å². The van der Waals surface area contributed by atoms with Crippen molar-refractivity contribution in [1.82, 2.24) is 9.80 Å². The molecule has 2 fully saturated rings. The fourth-order valence-electron chi connectivity index (χ4n) is 8.28. The third-order valence-corrected chi connectivity index (χ3v) is 9.96. The lowest BCUT2D eigenvalue weighted by molar-refractivity contribution is -0.135. The molecule has 0 aromatic carbocycles. The predicted molar refractivity (Wildman–Crippen MR) is 142 cm³/mol. The summed E-state index contributed by atoms with van der Waals surface area (Å²) in [6, 6.07) is 0.537. The van der Waals surface area contributed by atoms with E-state index in [9.17, 15) is 4.79 Å². The molecule has 5 rings (SSSR count). The summed E-state index contributed by atoms with van der Waals surface area (Å²) >= 11 is 0. The predicted octanol–water partition coefficient (Wildman–Crippen LogP) is 6.79. The molecule has 4 heterocycles. The first-order valence-electron chi connectivity index (χ1n) is 15.1. The van der Waals surface area contributed by atoms with Crippen LogP contribution in [0.3, 0.4) is 0 Å². The number of piperidine rings is 2. The summed E-state index contributed by atoms with van der Waals surface area (Å²) in [5, 5.41) is 0. The minimum Gasteiger partial charge on any atom is -0.299 e. The number of hydrogen-bond acceptors (Lipinski definition) is 3. The van der Waals surface area contributed by atoms with Crippen LogP contribution in [-0.2, 0) is 4.79 Å². The minimum absolute atomic E-state index is 0.321. The molecule has 5 aliphatic rings. The fourth-order valence-corrected chi connectivity index (χ4v) is 8.28. The largest absolute Gasteiger partial charge is 0.299 e. The van der Waals surface area contributed by atoms with Gasteiger partial charge in [-0.2, -0.15) is 0 Å². The number of nitrogens with zero attached hydrogens (tertiary/aromatic N) is 2. The zero-order chi connectivity index (χ0) is 23.2. The Morgan fingerprint density at radius 1 is 0.706 bits per heavy atom. The Morgan fingerprint density at radius 3 is 2.41 bits per heavy atom. The van der Waals surface area contributed by atoms with E-state index in [4.69, 9.17) is 0 Å². The molecule has 0 amide bonds. The van der Waals surface area contributed by atoms with E-state index in [0.29, 0.717) is 23.7 Å². The van der Waals surface area contributed by atoms with E-state index >= 15 is 0 Å². The fraction of sp³-hybridized carbons (Fsp3) is 0.839. The molecule has 6 atom stereocenters. The Labute approximate surface area is 209 Å². The molecular formula is C31H50N2O. The molecule has 0 N–H and O–H groups in total. The number of ketones is 1. The van der Waals surface area contributed by atoms with Gasteiger partial charge < -0.3 is 0 Å². The van der Waals surface area contributed by atoms with E-state index in [1.165, 1.54) is 116 Å². The van der Waals surface area contributed by atoms with Crippen molar-refractivity contribution in [2.45, 2.75) is 109 Å². The second-order valence-corrected chi connectivity index (χ2v) is 12.2. The van der Waals surface area contributed by atoms with Gasteiger partial charge in [-0.05, 0) is 88.6 Å². The smallest absolute Gasteiger partial charge is 0.138 e. The molecule has 6 bridgehead atoms. The van der Waals surface area contributed by atoms with Crippen molar-refractivity contribution in [3.8, 4) is 0 Å². The first-order chi connectivity index (χ1) is 16.8. The van der Waals surface area contributed by atoms with Crippen molar-refractivity contribution in [3.05, 3.63) is 23.8 Å². The van der Waals surface area contributed by atoms with E-state index in [-0.39, 0.29) is 0 Å². The van der Waals surface area contributed by atoms with Gasteiger partial charge in [-0.15, -0.1) is 0 Å². The van der Waals surface area contributed by atoms with Crippen molar-refractivity contribution >= 4 is 5.78 Å². The van der Waals surface area contributed by atoms with Gasteiger partial charge in [0.15, 0.2) is 0 Å². The van der Waals surface area contributed by atoms with Crippen LogP contribution in [0.15, 0.2) is 23.8 Å². The molecule has 190 valence electrons. The van der Waals surface area contributed by atoms with Gasteiger partial charge in [-0.3, -0.25) is 14.6 Å². The number of rotatable bonds is 0. The second-order valence-electron chi connectivity index (χ2n) is 12.2. The summed E-state index contributed by atoms with van der Waals surface area (Å²) in [4.78, 5) is 18.9. The Balaban J connectivity index is 1.45. The average Bonchev–Trinajstić information content (AvgIpc) is 2.85. The molecule has 34 heavy (non-hydrogen) atoms. The van der Waals surface area contributed by atoms with Gasteiger partial charge >= 0.3 is 0 Å². The van der Waals surface area contributed by atoms with Crippen LogP contribution in [0.4, 0.5) is 0 Å². The maximum atomic E-state index is 13.3. The number of hydrogen-bond donors (Lipinski definition) is 0. The number of carbonyl (C=O) groups is 1. The lowest BCUT2D eigenvalue weighted by atomic mass is 9.64. The van der Waals surface area contributed by atoms with E-state index in [1.54, 1.807) is 5.57 Å². The van der Waals surface area contributed by atoms with E-state index in [0.717, 1.165) is 31.2 Å². The van der Waals surface area contributed by atoms with Crippen LogP contribution < -0.4 is 0 Å². The third-order valence-electron chi connectivity index (χ3n) is 9.96. The number of carbonyl (C=O) groups excluding carboxylic acids is 1. The topological polar surface area (TPSA) is 23.6 Å². The molecule has 0 radical (unpaired) electrons. The lowest BCUT2D eigenvalue weighted by Crippen LogP contribution is -2.59. The standard InChI is InChI=1S/C31H50N2O/c34-30-18-21-33-20-17-27-26-22-25-14-10-7-8-12-16-29(30)31(33)28(27)15-11-6-4-2-1-3-5-9-13-19-32(23-25)24-26/h3,5,22,26-29,31H,1-2,4,6-21,23-24H2/b5-3-/t26?,27-,28-,29-,31-/m0/s1. The highest BCUT2D eigenvalue weighted by atomic mass is 16.1. The molecule has 4 aliphatic heterocycles. The maximum Gasteiger partial charge on any atom is 0.138 e. The number of fused-ring (bicyclic) bond motifs is 1. The maximum absolute atomic E-state index is 13.3. The SMILES string of the molecule is O=C1CCN2CC[C@H]3C4C=C5CCCCCC[C@@H]1[C@@H]2[C@H]3CCCCCC/C=C\CCCN(C5)C4. The van der Waals surface area contributed by atoms with Crippen molar-refractivity contribution < 1.29 is 4.79 Å². The van der Waals surface area contributed by atoms with Gasteiger partial charge in [-0.25, -0.2) is 0 Å². The zero-order valence-electron chi connectivity index (χ0n) is 21.8. The first kappa shape index (κ1) is 24.8. The molecule has 0 aromatic rings. The highest BCUT2D eigenvalue weighted by Gasteiger charge is 2.48. The molecular weight excluding hydrogens is 416 g/mol. The van der Waals surface area contributed by atoms with Crippen molar-refractivity contribution in [3.63, 3.8) is 0 Å². The van der Waals surface area contributed by atoms with Crippen LogP contribution in [0.1, 0.15) is 103 Å². The summed E-state index contributed by atoms with van der Waals surface area (Å²) in [5.41, 5.74) is 1.74. The zero-order valence-corrected chi connectivity index (χ0v) is 21.8. The van der Waals surface area contributed by atoms with Crippen LogP contribution in [-0.4, -0.2) is 54.3 Å². The molecule has 0 spiro atoms. The molecule has 2 saturated heterocycles. The second kappa shape index (κ2) is 12.3. The van der Waals surface area contributed by atoms with Crippen LogP contribution >= 0.6 is 0 Å². The normalized spacial score (nSPS) is 40.0. The molecule has 1 aliphatic carbocycles. The van der Waals surface area contributed by atoms with Crippen molar-refractivity contribution in [2.75, 3.05) is 32.7 Å². The average molecular weight is 467 g/mol. The Hall–Kier alpha value is -0.930. The highest BCUT2D eigenvalue weighted by molar-refractivity contribution is 5.82. The van der Waals surface area contributed by atoms with Crippen LogP contribution in [0, 0.1) is 23.7 Å². The van der Waals surface area contributed by atoms with Gasteiger partial charge in [0.25, 0.3) is 0 Å². The van der Waals surface area contributed by atoms with Crippen LogP contribution in [0.25, 0.3) is 0 Å². The summed E-state index contributed by atoms with van der Waals surface area (Å²) in [6.07, 6.45) is 28.2.